The van der Waals surface area contributed by atoms with Crippen LogP contribution in [0.2, 0.25) is 0 Å². The van der Waals surface area contributed by atoms with Crippen molar-refractivity contribution < 1.29 is 13.2 Å². The van der Waals surface area contributed by atoms with Crippen LogP contribution in [0, 0.1) is 6.92 Å². The summed E-state index contributed by atoms with van der Waals surface area (Å²) < 4.78 is 37.4. The first-order valence-electron chi connectivity index (χ1n) is 6.76. The lowest BCUT2D eigenvalue weighted by molar-refractivity contribution is -0.141. The molecule has 0 amide bonds. The summed E-state index contributed by atoms with van der Waals surface area (Å²) in [6, 6.07) is 10.5. The van der Waals surface area contributed by atoms with E-state index in [4.69, 9.17) is 0 Å². The van der Waals surface area contributed by atoms with Crippen LogP contribution >= 0.6 is 0 Å². The molecule has 112 valence electrons. The number of anilines is 1. The van der Waals surface area contributed by atoms with Gasteiger partial charge in [0.05, 0.1) is 17.9 Å². The first-order chi connectivity index (χ1) is 9.90. The Morgan fingerprint density at radius 2 is 1.76 bits per heavy atom. The van der Waals surface area contributed by atoms with Gasteiger partial charge in [-0.05, 0) is 31.0 Å². The molecular weight excluding hydrogens is 277 g/mol. The lowest BCUT2D eigenvalue weighted by Crippen LogP contribution is -2.11. The summed E-state index contributed by atoms with van der Waals surface area (Å²) in [5.41, 5.74) is 1.97. The molecule has 2 aromatic rings. The van der Waals surface area contributed by atoms with Crippen molar-refractivity contribution in [1.82, 2.24) is 4.98 Å². The number of aryl methyl sites for hydroxylation is 1. The van der Waals surface area contributed by atoms with Gasteiger partial charge in [-0.15, -0.1) is 0 Å². The van der Waals surface area contributed by atoms with Gasteiger partial charge < -0.3 is 5.32 Å². The van der Waals surface area contributed by atoms with Crippen LogP contribution in [0.15, 0.2) is 42.6 Å². The molecule has 1 N–H and O–H groups in total. The highest BCUT2D eigenvalue weighted by Crippen LogP contribution is 2.29. The molecule has 0 radical (unpaired) electrons. The minimum absolute atomic E-state index is 0.0455. The normalized spacial score (nSPS) is 13.0. The maximum atomic E-state index is 12.5. The highest BCUT2D eigenvalue weighted by molar-refractivity contribution is 5.44. The predicted octanol–water partition coefficient (Wildman–Crippen LogP) is 4.97. The Hall–Kier alpha value is -2.04. The third kappa shape index (κ3) is 3.97. The smallest absolute Gasteiger partial charge is 0.377 e. The fourth-order valence-corrected chi connectivity index (χ4v) is 2.07. The summed E-state index contributed by atoms with van der Waals surface area (Å²) >= 11 is 0. The summed E-state index contributed by atoms with van der Waals surface area (Å²) in [5.74, 6) is 0. The lowest BCUT2D eigenvalue weighted by atomic mass is 10.0. The average molecular weight is 294 g/mol. The number of alkyl halides is 3. The van der Waals surface area contributed by atoms with Crippen LogP contribution in [0.3, 0.4) is 0 Å². The van der Waals surface area contributed by atoms with Crippen molar-refractivity contribution in [3.63, 3.8) is 0 Å². The van der Waals surface area contributed by atoms with Crippen molar-refractivity contribution in [2.24, 2.45) is 0 Å². The van der Waals surface area contributed by atoms with E-state index in [1.54, 1.807) is 0 Å². The van der Waals surface area contributed by atoms with Crippen LogP contribution in [0.5, 0.6) is 0 Å². The van der Waals surface area contributed by atoms with Crippen LogP contribution in [-0.4, -0.2) is 4.98 Å². The Kier molecular flexibility index (Phi) is 4.50. The SMILES string of the molecule is CCC(Nc1ccc(C(F)(F)F)nc1)c1ccc(C)cc1. The standard InChI is InChI=1S/C16H17F3N2/c1-3-14(12-6-4-11(2)5-7-12)21-13-8-9-15(20-10-13)16(17,18)19/h4-10,14,21H,3H2,1-2H3. The number of nitrogens with one attached hydrogen (secondary N) is 1. The molecule has 1 atom stereocenters. The van der Waals surface area contributed by atoms with E-state index in [2.05, 4.69) is 10.3 Å². The van der Waals surface area contributed by atoms with E-state index in [1.165, 1.54) is 17.8 Å². The first kappa shape index (κ1) is 15.4. The Labute approximate surface area is 122 Å². The average Bonchev–Trinajstić information content (AvgIpc) is 2.45. The number of rotatable bonds is 4. The second-order valence-electron chi connectivity index (χ2n) is 4.95. The van der Waals surface area contributed by atoms with Crippen LogP contribution in [-0.2, 0) is 6.18 Å². The molecule has 2 nitrogen and oxygen atoms in total. The number of benzene rings is 1. The van der Waals surface area contributed by atoms with Gasteiger partial charge in [0.15, 0.2) is 0 Å². The molecule has 1 heterocycles. The first-order valence-corrected chi connectivity index (χ1v) is 6.76. The molecule has 21 heavy (non-hydrogen) atoms. The van der Waals surface area contributed by atoms with E-state index < -0.39 is 11.9 Å². The topological polar surface area (TPSA) is 24.9 Å². The second kappa shape index (κ2) is 6.16. The molecule has 1 unspecified atom stereocenters. The molecule has 0 bridgehead atoms. The minimum Gasteiger partial charge on any atom is -0.377 e. The van der Waals surface area contributed by atoms with Crippen LogP contribution < -0.4 is 5.32 Å². The Morgan fingerprint density at radius 3 is 2.24 bits per heavy atom. The van der Waals surface area contributed by atoms with Crippen LogP contribution in [0.4, 0.5) is 18.9 Å². The Morgan fingerprint density at radius 1 is 1.10 bits per heavy atom. The van der Waals surface area contributed by atoms with Crippen LogP contribution in [0.1, 0.15) is 36.2 Å². The predicted molar refractivity (Wildman–Crippen MR) is 77.1 cm³/mol. The molecule has 0 aliphatic rings. The zero-order valence-electron chi connectivity index (χ0n) is 11.9. The molecule has 0 aliphatic heterocycles. The van der Waals surface area contributed by atoms with Crippen molar-refractivity contribution in [1.29, 1.82) is 0 Å². The molecule has 0 fully saturated rings. The summed E-state index contributed by atoms with van der Waals surface area (Å²) in [5, 5.41) is 3.21. The highest BCUT2D eigenvalue weighted by atomic mass is 19.4. The van der Waals surface area contributed by atoms with Gasteiger partial charge in [0.2, 0.25) is 0 Å². The highest BCUT2D eigenvalue weighted by Gasteiger charge is 2.32. The zero-order chi connectivity index (χ0) is 15.5. The molecule has 0 saturated heterocycles. The van der Waals surface area contributed by atoms with E-state index in [-0.39, 0.29) is 6.04 Å². The number of halogens is 3. The van der Waals surface area contributed by atoms with E-state index >= 15 is 0 Å². The summed E-state index contributed by atoms with van der Waals surface area (Å²) in [6.45, 7) is 4.03. The van der Waals surface area contributed by atoms with Gasteiger partial charge in [0, 0.05) is 0 Å². The molecule has 0 spiro atoms. The fraction of sp³-hybridized carbons (Fsp3) is 0.312. The maximum absolute atomic E-state index is 12.5. The second-order valence-corrected chi connectivity index (χ2v) is 4.95. The van der Waals surface area contributed by atoms with Gasteiger partial charge in [-0.2, -0.15) is 13.2 Å². The van der Waals surface area contributed by atoms with Gasteiger partial charge in [0.1, 0.15) is 5.69 Å². The van der Waals surface area contributed by atoms with E-state index in [0.29, 0.717) is 5.69 Å². The van der Waals surface area contributed by atoms with Gasteiger partial charge >= 0.3 is 6.18 Å². The maximum Gasteiger partial charge on any atom is 0.433 e. The lowest BCUT2D eigenvalue weighted by Gasteiger charge is -2.19. The van der Waals surface area contributed by atoms with Crippen molar-refractivity contribution in [3.8, 4) is 0 Å². The van der Waals surface area contributed by atoms with Crippen LogP contribution in [0.25, 0.3) is 0 Å². The third-order valence-electron chi connectivity index (χ3n) is 3.28. The van der Waals surface area contributed by atoms with Gasteiger partial charge in [-0.1, -0.05) is 36.8 Å². The number of pyridine rings is 1. The van der Waals surface area contributed by atoms with Crippen molar-refractivity contribution in [2.75, 3.05) is 5.32 Å². The molecular formula is C16H17F3N2. The Balaban J connectivity index is 2.13. The zero-order valence-corrected chi connectivity index (χ0v) is 11.9. The van der Waals surface area contributed by atoms with Gasteiger partial charge in [-0.3, -0.25) is 0 Å². The van der Waals surface area contributed by atoms with Crippen molar-refractivity contribution >= 4 is 5.69 Å². The van der Waals surface area contributed by atoms with Crippen molar-refractivity contribution in [3.05, 3.63) is 59.4 Å². The molecule has 1 aromatic carbocycles. The number of aromatic nitrogens is 1. The molecule has 0 aliphatic carbocycles. The quantitative estimate of drug-likeness (QED) is 0.861. The van der Waals surface area contributed by atoms with Gasteiger partial charge in [0.25, 0.3) is 0 Å². The Bertz CT molecular complexity index is 574. The molecule has 1 aromatic heterocycles. The number of hydrogen-bond acceptors (Lipinski definition) is 2. The molecule has 2 rings (SSSR count). The summed E-state index contributed by atoms with van der Waals surface area (Å²) in [4.78, 5) is 3.46. The number of nitrogens with zero attached hydrogens (tertiary/aromatic N) is 1. The summed E-state index contributed by atoms with van der Waals surface area (Å²) in [7, 11) is 0. The molecule has 5 heteroatoms. The van der Waals surface area contributed by atoms with E-state index in [9.17, 15) is 13.2 Å². The number of hydrogen-bond donors (Lipinski definition) is 1. The van der Waals surface area contributed by atoms with E-state index in [1.807, 2.05) is 38.1 Å². The van der Waals surface area contributed by atoms with Gasteiger partial charge in [-0.25, -0.2) is 4.98 Å². The third-order valence-corrected chi connectivity index (χ3v) is 3.28. The summed E-state index contributed by atoms with van der Waals surface area (Å²) in [6.07, 6.45) is -2.36. The largest absolute Gasteiger partial charge is 0.433 e. The minimum atomic E-state index is -4.40. The molecule has 0 saturated carbocycles. The monoisotopic (exact) mass is 294 g/mol. The van der Waals surface area contributed by atoms with Crippen molar-refractivity contribution in [2.45, 2.75) is 32.5 Å². The van der Waals surface area contributed by atoms with E-state index in [0.717, 1.165) is 18.1 Å². The fourth-order valence-electron chi connectivity index (χ4n) is 2.07.